The van der Waals surface area contributed by atoms with Gasteiger partial charge in [-0.2, -0.15) is 0 Å². The lowest BCUT2D eigenvalue weighted by atomic mass is 10.3. The second-order valence-corrected chi connectivity index (χ2v) is 4.46. The first-order chi connectivity index (χ1) is 9.71. The van der Waals surface area contributed by atoms with E-state index in [1.165, 1.54) is 0 Å². The number of hydrogen-bond acceptors (Lipinski definition) is 3. The van der Waals surface area contributed by atoms with Crippen LogP contribution in [0, 0.1) is 0 Å². The first-order valence-corrected chi connectivity index (χ1v) is 7.11. The van der Waals surface area contributed by atoms with E-state index in [1.54, 1.807) is 7.11 Å². The molecule has 1 aromatic rings. The summed E-state index contributed by atoms with van der Waals surface area (Å²) < 4.78 is 5.18. The zero-order chi connectivity index (χ0) is 14.8. The molecule has 0 radical (unpaired) electrons. The smallest absolute Gasteiger partial charge is 0.319 e. The van der Waals surface area contributed by atoms with Crippen LogP contribution in [0.1, 0.15) is 20.3 Å². The molecule has 0 aromatic heterocycles. The van der Waals surface area contributed by atoms with E-state index in [0.29, 0.717) is 18.0 Å². The third-order valence-corrected chi connectivity index (χ3v) is 3.19. The van der Waals surface area contributed by atoms with E-state index >= 15 is 0 Å². The van der Waals surface area contributed by atoms with Gasteiger partial charge in [0.15, 0.2) is 0 Å². The van der Waals surface area contributed by atoms with Crippen LogP contribution in [0.25, 0.3) is 0 Å². The Morgan fingerprint density at radius 2 is 1.95 bits per heavy atom. The van der Waals surface area contributed by atoms with E-state index in [4.69, 9.17) is 4.74 Å². The van der Waals surface area contributed by atoms with Crippen molar-refractivity contribution in [2.45, 2.75) is 20.3 Å². The quantitative estimate of drug-likeness (QED) is 0.719. The van der Waals surface area contributed by atoms with E-state index in [1.807, 2.05) is 24.3 Å². The lowest BCUT2D eigenvalue weighted by Crippen LogP contribution is -2.32. The molecule has 0 aliphatic rings. The van der Waals surface area contributed by atoms with Gasteiger partial charge in [0.05, 0.1) is 12.8 Å². The molecule has 0 fully saturated rings. The Balaban J connectivity index is 2.30. The molecule has 1 rings (SSSR count). The van der Waals surface area contributed by atoms with Crippen LogP contribution in [0.15, 0.2) is 24.3 Å². The average molecular weight is 279 g/mol. The van der Waals surface area contributed by atoms with E-state index in [-0.39, 0.29) is 6.03 Å². The Labute approximate surface area is 121 Å². The highest BCUT2D eigenvalue weighted by atomic mass is 16.5. The second-order valence-electron chi connectivity index (χ2n) is 4.46. The van der Waals surface area contributed by atoms with Crippen LogP contribution in [0.3, 0.4) is 0 Å². The summed E-state index contributed by atoms with van der Waals surface area (Å²) >= 11 is 0. The number of para-hydroxylation sites is 2. The summed E-state index contributed by atoms with van der Waals surface area (Å²) in [5, 5.41) is 5.64. The summed E-state index contributed by atoms with van der Waals surface area (Å²) in [6.45, 7) is 8.05. The van der Waals surface area contributed by atoms with Gasteiger partial charge in [-0.3, -0.25) is 0 Å². The number of hydrogen-bond donors (Lipinski definition) is 2. The molecule has 0 bridgehead atoms. The monoisotopic (exact) mass is 279 g/mol. The standard InChI is InChI=1S/C15H25N3O2/c1-4-18(5-2)12-8-11-16-15(19)17-13-9-6-7-10-14(13)20-3/h6-7,9-10H,4-5,8,11-12H2,1-3H3,(H2,16,17,19). The zero-order valence-corrected chi connectivity index (χ0v) is 12.6. The van der Waals surface area contributed by atoms with E-state index in [9.17, 15) is 4.79 Å². The minimum absolute atomic E-state index is 0.200. The Kier molecular flexibility index (Phi) is 7.50. The summed E-state index contributed by atoms with van der Waals surface area (Å²) in [6, 6.07) is 7.16. The molecule has 5 heteroatoms. The lowest BCUT2D eigenvalue weighted by molar-refractivity contribution is 0.250. The molecule has 2 N–H and O–H groups in total. The lowest BCUT2D eigenvalue weighted by Gasteiger charge is -2.17. The molecule has 0 aliphatic heterocycles. The van der Waals surface area contributed by atoms with Crippen molar-refractivity contribution < 1.29 is 9.53 Å². The normalized spacial score (nSPS) is 10.4. The van der Waals surface area contributed by atoms with Crippen molar-refractivity contribution in [1.29, 1.82) is 0 Å². The van der Waals surface area contributed by atoms with Crippen molar-refractivity contribution >= 4 is 11.7 Å². The van der Waals surface area contributed by atoms with Gasteiger partial charge in [0.1, 0.15) is 5.75 Å². The maximum Gasteiger partial charge on any atom is 0.319 e. The molecule has 20 heavy (non-hydrogen) atoms. The van der Waals surface area contributed by atoms with Gasteiger partial charge in [0.2, 0.25) is 0 Å². The first-order valence-electron chi connectivity index (χ1n) is 7.11. The molecule has 0 heterocycles. The Hall–Kier alpha value is -1.75. The van der Waals surface area contributed by atoms with Gasteiger partial charge in [0.25, 0.3) is 0 Å². The van der Waals surface area contributed by atoms with Gasteiger partial charge < -0.3 is 20.3 Å². The predicted octanol–water partition coefficient (Wildman–Crippen LogP) is 2.55. The number of urea groups is 1. The Bertz CT molecular complexity index is 406. The van der Waals surface area contributed by atoms with E-state index in [0.717, 1.165) is 26.1 Å². The van der Waals surface area contributed by atoms with Crippen LogP contribution in [0.4, 0.5) is 10.5 Å². The third kappa shape index (κ3) is 5.48. The molecule has 1 aromatic carbocycles. The molecule has 0 saturated heterocycles. The average Bonchev–Trinajstić information content (AvgIpc) is 2.48. The van der Waals surface area contributed by atoms with Gasteiger partial charge in [-0.25, -0.2) is 4.79 Å². The van der Waals surface area contributed by atoms with Crippen molar-refractivity contribution in [3.63, 3.8) is 0 Å². The number of methoxy groups -OCH3 is 1. The Morgan fingerprint density at radius 3 is 2.60 bits per heavy atom. The van der Waals surface area contributed by atoms with Crippen LogP contribution in [-0.2, 0) is 0 Å². The SMILES string of the molecule is CCN(CC)CCCNC(=O)Nc1ccccc1OC. The zero-order valence-electron chi connectivity index (χ0n) is 12.6. The summed E-state index contributed by atoms with van der Waals surface area (Å²) in [5.41, 5.74) is 0.677. The summed E-state index contributed by atoms with van der Waals surface area (Å²) in [6.07, 6.45) is 0.945. The highest BCUT2D eigenvalue weighted by Gasteiger charge is 2.06. The number of amides is 2. The Morgan fingerprint density at radius 1 is 1.25 bits per heavy atom. The fourth-order valence-corrected chi connectivity index (χ4v) is 1.96. The predicted molar refractivity (Wildman–Crippen MR) is 82.4 cm³/mol. The number of ether oxygens (including phenoxy) is 1. The van der Waals surface area contributed by atoms with E-state index < -0.39 is 0 Å². The molecular formula is C15H25N3O2. The van der Waals surface area contributed by atoms with Crippen molar-refractivity contribution in [3.05, 3.63) is 24.3 Å². The van der Waals surface area contributed by atoms with Crippen LogP contribution >= 0.6 is 0 Å². The minimum atomic E-state index is -0.200. The third-order valence-electron chi connectivity index (χ3n) is 3.19. The highest BCUT2D eigenvalue weighted by molar-refractivity contribution is 5.90. The van der Waals surface area contributed by atoms with Crippen LogP contribution in [0.5, 0.6) is 5.75 Å². The highest BCUT2D eigenvalue weighted by Crippen LogP contribution is 2.22. The van der Waals surface area contributed by atoms with Crippen molar-refractivity contribution in [1.82, 2.24) is 10.2 Å². The molecule has 112 valence electrons. The number of anilines is 1. The largest absolute Gasteiger partial charge is 0.495 e. The maximum atomic E-state index is 11.8. The molecule has 0 saturated carbocycles. The molecule has 2 amide bonds. The van der Waals surface area contributed by atoms with Crippen LogP contribution in [-0.4, -0.2) is 44.2 Å². The summed E-state index contributed by atoms with van der Waals surface area (Å²) in [5.74, 6) is 0.658. The molecule has 0 spiro atoms. The fraction of sp³-hybridized carbons (Fsp3) is 0.533. The van der Waals surface area contributed by atoms with Crippen molar-refractivity contribution in [3.8, 4) is 5.75 Å². The van der Waals surface area contributed by atoms with Gasteiger partial charge in [-0.15, -0.1) is 0 Å². The van der Waals surface area contributed by atoms with Gasteiger partial charge >= 0.3 is 6.03 Å². The minimum Gasteiger partial charge on any atom is -0.495 e. The maximum absolute atomic E-state index is 11.8. The first kappa shape index (κ1) is 16.3. The number of nitrogens with one attached hydrogen (secondary N) is 2. The van der Waals surface area contributed by atoms with Crippen molar-refractivity contribution in [2.75, 3.05) is 38.6 Å². The fourth-order valence-electron chi connectivity index (χ4n) is 1.96. The summed E-state index contributed by atoms with van der Waals surface area (Å²) in [4.78, 5) is 14.1. The van der Waals surface area contributed by atoms with Gasteiger partial charge in [0, 0.05) is 6.54 Å². The molecule has 0 aliphatic carbocycles. The van der Waals surface area contributed by atoms with E-state index in [2.05, 4.69) is 29.4 Å². The second kappa shape index (κ2) is 9.20. The topological polar surface area (TPSA) is 53.6 Å². The molecule has 0 unspecified atom stereocenters. The molecular weight excluding hydrogens is 254 g/mol. The van der Waals surface area contributed by atoms with Gasteiger partial charge in [-0.05, 0) is 38.2 Å². The summed E-state index contributed by atoms with van der Waals surface area (Å²) in [7, 11) is 1.59. The number of benzene rings is 1. The molecule has 0 atom stereocenters. The number of rotatable bonds is 8. The number of carbonyl (C=O) groups is 1. The van der Waals surface area contributed by atoms with Gasteiger partial charge in [-0.1, -0.05) is 26.0 Å². The number of carbonyl (C=O) groups excluding carboxylic acids is 1. The molecule has 5 nitrogen and oxygen atoms in total. The van der Waals surface area contributed by atoms with Crippen LogP contribution in [0.2, 0.25) is 0 Å². The van der Waals surface area contributed by atoms with Crippen molar-refractivity contribution in [2.24, 2.45) is 0 Å². The van der Waals surface area contributed by atoms with Crippen LogP contribution < -0.4 is 15.4 Å². The number of nitrogens with zero attached hydrogens (tertiary/aromatic N) is 1.